The highest BCUT2D eigenvalue weighted by Crippen LogP contribution is 2.34. The summed E-state index contributed by atoms with van der Waals surface area (Å²) in [6.07, 6.45) is -3.45. The predicted molar refractivity (Wildman–Crippen MR) is 93.0 cm³/mol. The molecule has 4 amide bonds. The van der Waals surface area contributed by atoms with E-state index in [2.05, 4.69) is 0 Å². The topological polar surface area (TPSA) is 84.9 Å². The molecule has 2 aromatic rings. The average molecular weight is 404 g/mol. The molecule has 0 unspecified atom stereocenters. The molecule has 0 aliphatic carbocycles. The molecule has 148 valence electrons. The lowest BCUT2D eigenvalue weighted by Gasteiger charge is -2.26. The zero-order chi connectivity index (χ0) is 20.8. The van der Waals surface area contributed by atoms with Gasteiger partial charge in [0.05, 0.1) is 11.3 Å². The summed E-state index contributed by atoms with van der Waals surface area (Å²) in [6.45, 7) is 0.0343. The summed E-state index contributed by atoms with van der Waals surface area (Å²) < 4.78 is 49.3. The molecule has 1 fully saturated rings. The van der Waals surface area contributed by atoms with Crippen molar-refractivity contribution in [1.82, 2.24) is 5.32 Å². The Morgan fingerprint density at radius 2 is 1.76 bits per heavy atom. The molecule has 2 aliphatic heterocycles. The number of nitrogens with zero attached hydrogens (tertiary/aromatic N) is 1. The molecule has 2 aliphatic rings. The van der Waals surface area contributed by atoms with Crippen molar-refractivity contribution >= 4 is 29.6 Å². The highest BCUT2D eigenvalue weighted by molar-refractivity contribution is 6.39. The van der Waals surface area contributed by atoms with Crippen molar-refractivity contribution < 1.29 is 37.0 Å². The second kappa shape index (κ2) is 6.66. The molecule has 0 saturated carbocycles. The number of halogens is 3. The number of barbiturate groups is 1. The average Bonchev–Trinajstić information content (AvgIpc) is 3.12. The van der Waals surface area contributed by atoms with Crippen LogP contribution in [-0.4, -0.2) is 24.6 Å². The van der Waals surface area contributed by atoms with E-state index in [-0.39, 0.29) is 12.5 Å². The molecule has 4 rings (SSSR count). The molecule has 2 heterocycles. The summed E-state index contributed by atoms with van der Waals surface area (Å²) in [5.74, 6) is -1.10. The maximum absolute atomic E-state index is 13.0. The maximum atomic E-state index is 13.0. The van der Waals surface area contributed by atoms with Crippen LogP contribution in [0.5, 0.6) is 11.5 Å². The molecule has 1 saturated heterocycles. The lowest BCUT2D eigenvalue weighted by atomic mass is 10.1. The van der Waals surface area contributed by atoms with Crippen molar-refractivity contribution in [3.05, 3.63) is 59.2 Å². The van der Waals surface area contributed by atoms with Gasteiger partial charge < -0.3 is 9.47 Å². The SMILES string of the molecule is O=C1NC(=O)N(c2cccc(C(F)(F)F)c2)C(=O)/C1=C\c1ccc2c(c1)OCO2. The number of amides is 4. The largest absolute Gasteiger partial charge is 0.454 e. The van der Waals surface area contributed by atoms with Crippen LogP contribution in [0.15, 0.2) is 48.0 Å². The van der Waals surface area contributed by atoms with Crippen LogP contribution >= 0.6 is 0 Å². The zero-order valence-corrected chi connectivity index (χ0v) is 14.4. The van der Waals surface area contributed by atoms with Gasteiger partial charge in [0.15, 0.2) is 11.5 Å². The van der Waals surface area contributed by atoms with Crippen molar-refractivity contribution in [2.45, 2.75) is 6.18 Å². The first-order valence-corrected chi connectivity index (χ1v) is 8.22. The van der Waals surface area contributed by atoms with E-state index in [1.165, 1.54) is 18.2 Å². The van der Waals surface area contributed by atoms with Gasteiger partial charge in [0.2, 0.25) is 6.79 Å². The standard InChI is InChI=1S/C19H11F3N2O5/c20-19(21,22)11-2-1-3-12(8-11)24-17(26)13(16(25)23-18(24)27)6-10-4-5-14-15(7-10)29-9-28-14/h1-8H,9H2,(H,23,25,27)/b13-6-. The number of carbonyl (C=O) groups excluding carboxylic acids is 3. The first-order valence-electron chi connectivity index (χ1n) is 8.22. The molecule has 1 N–H and O–H groups in total. The number of ether oxygens (including phenoxy) is 2. The molecule has 29 heavy (non-hydrogen) atoms. The van der Waals surface area contributed by atoms with E-state index in [1.54, 1.807) is 12.1 Å². The highest BCUT2D eigenvalue weighted by Gasteiger charge is 2.38. The maximum Gasteiger partial charge on any atom is 0.416 e. The number of anilines is 1. The highest BCUT2D eigenvalue weighted by atomic mass is 19.4. The van der Waals surface area contributed by atoms with E-state index in [1.807, 2.05) is 5.32 Å². The minimum Gasteiger partial charge on any atom is -0.454 e. The normalized spacial score (nSPS) is 17.7. The predicted octanol–water partition coefficient (Wildman–Crippen LogP) is 3.10. The van der Waals surface area contributed by atoms with Gasteiger partial charge in [-0.1, -0.05) is 12.1 Å². The van der Waals surface area contributed by atoms with Crippen LogP contribution in [0, 0.1) is 0 Å². The van der Waals surface area contributed by atoms with Gasteiger partial charge in [0.1, 0.15) is 5.57 Å². The second-order valence-electron chi connectivity index (χ2n) is 6.12. The van der Waals surface area contributed by atoms with Gasteiger partial charge in [-0.15, -0.1) is 0 Å². The number of benzene rings is 2. The number of fused-ring (bicyclic) bond motifs is 1. The van der Waals surface area contributed by atoms with Gasteiger partial charge in [-0.2, -0.15) is 13.2 Å². The van der Waals surface area contributed by atoms with Crippen LogP contribution < -0.4 is 19.7 Å². The van der Waals surface area contributed by atoms with Gasteiger partial charge in [-0.05, 0) is 42.0 Å². The molecule has 0 spiro atoms. The van der Waals surface area contributed by atoms with Gasteiger partial charge >= 0.3 is 12.2 Å². The monoisotopic (exact) mass is 404 g/mol. The lowest BCUT2D eigenvalue weighted by molar-refractivity contribution is -0.137. The Morgan fingerprint density at radius 3 is 2.52 bits per heavy atom. The number of carbonyl (C=O) groups is 3. The van der Waals surface area contributed by atoms with E-state index in [4.69, 9.17) is 9.47 Å². The summed E-state index contributed by atoms with van der Waals surface area (Å²) in [6, 6.07) is 7.23. The third kappa shape index (κ3) is 3.40. The van der Waals surface area contributed by atoms with Crippen molar-refractivity contribution in [2.75, 3.05) is 11.7 Å². The van der Waals surface area contributed by atoms with Crippen molar-refractivity contribution in [3.63, 3.8) is 0 Å². The summed E-state index contributed by atoms with van der Waals surface area (Å²) in [5, 5.41) is 1.96. The van der Waals surface area contributed by atoms with Crippen LogP contribution in [-0.2, 0) is 15.8 Å². The summed E-state index contributed by atoms with van der Waals surface area (Å²) in [4.78, 5) is 37.6. The van der Waals surface area contributed by atoms with Crippen LogP contribution in [0.25, 0.3) is 6.08 Å². The number of rotatable bonds is 2. The summed E-state index contributed by atoms with van der Waals surface area (Å²) in [7, 11) is 0. The lowest BCUT2D eigenvalue weighted by Crippen LogP contribution is -2.54. The quantitative estimate of drug-likeness (QED) is 0.614. The molecular weight excluding hydrogens is 393 g/mol. The van der Waals surface area contributed by atoms with E-state index in [0.29, 0.717) is 28.0 Å². The van der Waals surface area contributed by atoms with Gasteiger partial charge in [-0.25, -0.2) is 9.69 Å². The molecule has 2 aromatic carbocycles. The molecule has 0 bridgehead atoms. The third-order valence-electron chi connectivity index (χ3n) is 4.24. The van der Waals surface area contributed by atoms with Crippen molar-refractivity contribution in [2.24, 2.45) is 0 Å². The van der Waals surface area contributed by atoms with Crippen LogP contribution in [0.3, 0.4) is 0 Å². The fraction of sp³-hybridized carbons (Fsp3) is 0.105. The van der Waals surface area contributed by atoms with Gasteiger partial charge in [0, 0.05) is 0 Å². The van der Waals surface area contributed by atoms with E-state index >= 15 is 0 Å². The van der Waals surface area contributed by atoms with E-state index < -0.39 is 35.2 Å². The Morgan fingerprint density at radius 1 is 1.00 bits per heavy atom. The van der Waals surface area contributed by atoms with Crippen molar-refractivity contribution in [3.8, 4) is 11.5 Å². The van der Waals surface area contributed by atoms with Crippen molar-refractivity contribution in [1.29, 1.82) is 0 Å². The third-order valence-corrected chi connectivity index (χ3v) is 4.24. The molecule has 10 heteroatoms. The summed E-state index contributed by atoms with van der Waals surface area (Å²) >= 11 is 0. The van der Waals surface area contributed by atoms with Gasteiger partial charge in [0.25, 0.3) is 11.8 Å². The number of hydrogen-bond donors (Lipinski definition) is 1. The van der Waals surface area contributed by atoms with Crippen LogP contribution in [0.1, 0.15) is 11.1 Å². The molecule has 7 nitrogen and oxygen atoms in total. The second-order valence-corrected chi connectivity index (χ2v) is 6.12. The Labute approximate surface area is 161 Å². The smallest absolute Gasteiger partial charge is 0.416 e. The Kier molecular flexibility index (Phi) is 4.26. The van der Waals surface area contributed by atoms with E-state index in [0.717, 1.165) is 12.1 Å². The number of urea groups is 1. The Bertz CT molecular complexity index is 1080. The minimum atomic E-state index is -4.66. The first kappa shape index (κ1) is 18.5. The molecular formula is C19H11F3N2O5. The number of alkyl halides is 3. The molecule has 0 atom stereocenters. The fourth-order valence-corrected chi connectivity index (χ4v) is 2.88. The molecule has 0 aromatic heterocycles. The fourth-order valence-electron chi connectivity index (χ4n) is 2.88. The zero-order valence-electron chi connectivity index (χ0n) is 14.4. The van der Waals surface area contributed by atoms with Crippen LogP contribution in [0.2, 0.25) is 0 Å². The number of nitrogens with one attached hydrogen (secondary N) is 1. The number of imide groups is 2. The molecule has 0 radical (unpaired) electrons. The Balaban J connectivity index is 1.71. The minimum absolute atomic E-state index is 0.0343. The van der Waals surface area contributed by atoms with Gasteiger partial charge in [-0.3, -0.25) is 14.9 Å². The number of hydrogen-bond acceptors (Lipinski definition) is 5. The Hall–Kier alpha value is -3.82. The van der Waals surface area contributed by atoms with E-state index in [9.17, 15) is 27.6 Å². The summed E-state index contributed by atoms with van der Waals surface area (Å²) in [5.41, 5.74) is -1.35. The first-order chi connectivity index (χ1) is 13.7. The van der Waals surface area contributed by atoms with Crippen LogP contribution in [0.4, 0.5) is 23.7 Å².